The summed E-state index contributed by atoms with van der Waals surface area (Å²) in [6.45, 7) is 0.605. The lowest BCUT2D eigenvalue weighted by Gasteiger charge is -2.22. The second-order valence-corrected chi connectivity index (χ2v) is 7.92. The standard InChI is InChI=1S/C21H36N2O3/c24-19(22-18-12-8-7-9-13-18)14-10-5-3-1-2-4-6-11-17-23-20(25)15-16-21(23)26/h18H,1-17H2,(H,22,24). The van der Waals surface area contributed by atoms with Gasteiger partial charge in [-0.05, 0) is 25.7 Å². The molecule has 148 valence electrons. The summed E-state index contributed by atoms with van der Waals surface area (Å²) in [5.74, 6) is 0.243. The number of imide groups is 1. The molecule has 0 radical (unpaired) electrons. The van der Waals surface area contributed by atoms with Crippen molar-refractivity contribution in [1.82, 2.24) is 10.2 Å². The maximum Gasteiger partial charge on any atom is 0.229 e. The van der Waals surface area contributed by atoms with E-state index in [1.54, 1.807) is 0 Å². The summed E-state index contributed by atoms with van der Waals surface area (Å²) in [6, 6.07) is 0.433. The topological polar surface area (TPSA) is 66.5 Å². The summed E-state index contributed by atoms with van der Waals surface area (Å²) in [5.41, 5.74) is 0. The molecule has 1 N–H and O–H groups in total. The first kappa shape index (κ1) is 20.9. The van der Waals surface area contributed by atoms with Crippen molar-refractivity contribution in [1.29, 1.82) is 0 Å². The van der Waals surface area contributed by atoms with Crippen LogP contribution in [0.4, 0.5) is 0 Å². The number of carbonyl (C=O) groups is 3. The Morgan fingerprint density at radius 2 is 1.35 bits per heavy atom. The van der Waals surface area contributed by atoms with E-state index in [9.17, 15) is 14.4 Å². The van der Waals surface area contributed by atoms with E-state index in [2.05, 4.69) is 5.32 Å². The van der Waals surface area contributed by atoms with Gasteiger partial charge in [0.25, 0.3) is 0 Å². The minimum atomic E-state index is 0.00234. The van der Waals surface area contributed by atoms with Crippen LogP contribution in [0.5, 0.6) is 0 Å². The van der Waals surface area contributed by atoms with Crippen LogP contribution in [0.25, 0.3) is 0 Å². The van der Waals surface area contributed by atoms with E-state index in [0.29, 0.717) is 31.8 Å². The number of nitrogens with zero attached hydrogens (tertiary/aromatic N) is 1. The SMILES string of the molecule is O=C(CCCCCCCCCCN1C(=O)CCC1=O)NC1CCCCC1. The normalized spacial score (nSPS) is 18.5. The monoisotopic (exact) mass is 364 g/mol. The average molecular weight is 365 g/mol. The zero-order chi connectivity index (χ0) is 18.6. The van der Waals surface area contributed by atoms with E-state index in [0.717, 1.165) is 38.5 Å². The molecule has 5 heteroatoms. The van der Waals surface area contributed by atoms with Crippen molar-refractivity contribution in [3.63, 3.8) is 0 Å². The molecule has 0 spiro atoms. The van der Waals surface area contributed by atoms with Gasteiger partial charge in [0.2, 0.25) is 17.7 Å². The molecule has 5 nitrogen and oxygen atoms in total. The highest BCUT2D eigenvalue weighted by Crippen LogP contribution is 2.18. The number of unbranched alkanes of at least 4 members (excludes halogenated alkanes) is 7. The molecule has 1 saturated carbocycles. The Bertz CT molecular complexity index is 442. The van der Waals surface area contributed by atoms with Crippen LogP contribution in [-0.4, -0.2) is 35.2 Å². The van der Waals surface area contributed by atoms with E-state index in [1.165, 1.54) is 49.8 Å². The molecule has 1 aliphatic carbocycles. The molecule has 26 heavy (non-hydrogen) atoms. The largest absolute Gasteiger partial charge is 0.353 e. The average Bonchev–Trinajstić information content (AvgIpc) is 2.96. The molecule has 2 rings (SSSR count). The fourth-order valence-corrected chi connectivity index (χ4v) is 4.04. The van der Waals surface area contributed by atoms with Gasteiger partial charge < -0.3 is 5.32 Å². The first-order valence-corrected chi connectivity index (χ1v) is 10.8. The van der Waals surface area contributed by atoms with Gasteiger partial charge in [-0.25, -0.2) is 0 Å². The van der Waals surface area contributed by atoms with E-state index in [1.807, 2.05) is 0 Å². The molecule has 0 bridgehead atoms. The van der Waals surface area contributed by atoms with E-state index >= 15 is 0 Å². The molecule has 0 aromatic rings. The van der Waals surface area contributed by atoms with Gasteiger partial charge in [0.15, 0.2) is 0 Å². The van der Waals surface area contributed by atoms with Crippen molar-refractivity contribution in [2.75, 3.05) is 6.54 Å². The summed E-state index contributed by atoms with van der Waals surface area (Å²) >= 11 is 0. The van der Waals surface area contributed by atoms with Crippen molar-refractivity contribution in [2.24, 2.45) is 0 Å². The van der Waals surface area contributed by atoms with Crippen LogP contribution in [-0.2, 0) is 14.4 Å². The molecule has 1 saturated heterocycles. The predicted octanol–water partition coefficient (Wildman–Crippen LogP) is 4.10. The van der Waals surface area contributed by atoms with Crippen LogP contribution >= 0.6 is 0 Å². The van der Waals surface area contributed by atoms with Gasteiger partial charge >= 0.3 is 0 Å². The van der Waals surface area contributed by atoms with E-state index in [-0.39, 0.29) is 17.7 Å². The van der Waals surface area contributed by atoms with Crippen LogP contribution in [0.3, 0.4) is 0 Å². The number of carbonyl (C=O) groups excluding carboxylic acids is 3. The maximum atomic E-state index is 11.9. The molecule has 0 atom stereocenters. The summed E-state index contributed by atoms with van der Waals surface area (Å²) in [6.07, 6.45) is 16.6. The fourth-order valence-electron chi connectivity index (χ4n) is 4.04. The van der Waals surface area contributed by atoms with Crippen molar-refractivity contribution in [3.8, 4) is 0 Å². The molecular weight excluding hydrogens is 328 g/mol. The fraction of sp³-hybridized carbons (Fsp3) is 0.857. The Balaban J connectivity index is 1.35. The van der Waals surface area contributed by atoms with Gasteiger partial charge in [-0.3, -0.25) is 19.3 Å². The smallest absolute Gasteiger partial charge is 0.229 e. The lowest BCUT2D eigenvalue weighted by atomic mass is 9.95. The van der Waals surface area contributed by atoms with Crippen molar-refractivity contribution >= 4 is 17.7 Å². The molecule has 0 aromatic heterocycles. The number of amides is 3. The third kappa shape index (κ3) is 7.88. The molecule has 2 aliphatic rings. The first-order valence-electron chi connectivity index (χ1n) is 10.8. The Hall–Kier alpha value is -1.39. The minimum absolute atomic E-state index is 0.00234. The highest BCUT2D eigenvalue weighted by Gasteiger charge is 2.27. The number of nitrogens with one attached hydrogen (secondary N) is 1. The van der Waals surface area contributed by atoms with Crippen LogP contribution in [0.2, 0.25) is 0 Å². The summed E-state index contributed by atoms with van der Waals surface area (Å²) < 4.78 is 0. The predicted molar refractivity (Wildman–Crippen MR) is 103 cm³/mol. The molecule has 0 unspecified atom stereocenters. The van der Waals surface area contributed by atoms with E-state index < -0.39 is 0 Å². The maximum absolute atomic E-state index is 11.9. The zero-order valence-corrected chi connectivity index (χ0v) is 16.3. The number of hydrogen-bond acceptors (Lipinski definition) is 3. The van der Waals surface area contributed by atoms with Crippen molar-refractivity contribution in [2.45, 2.75) is 109 Å². The highest BCUT2D eigenvalue weighted by molar-refractivity contribution is 6.01. The lowest BCUT2D eigenvalue weighted by molar-refractivity contribution is -0.138. The van der Waals surface area contributed by atoms with Gasteiger partial charge in [-0.1, -0.05) is 57.8 Å². The minimum Gasteiger partial charge on any atom is -0.353 e. The Morgan fingerprint density at radius 1 is 0.808 bits per heavy atom. The lowest BCUT2D eigenvalue weighted by Crippen LogP contribution is -2.35. The Morgan fingerprint density at radius 3 is 1.96 bits per heavy atom. The quantitative estimate of drug-likeness (QED) is 0.419. The molecule has 2 fully saturated rings. The van der Waals surface area contributed by atoms with Crippen LogP contribution in [0.15, 0.2) is 0 Å². The second-order valence-electron chi connectivity index (χ2n) is 7.92. The van der Waals surface area contributed by atoms with Gasteiger partial charge in [-0.15, -0.1) is 0 Å². The Kier molecular flexibility index (Phi) is 9.72. The van der Waals surface area contributed by atoms with Crippen LogP contribution in [0.1, 0.15) is 103 Å². The van der Waals surface area contributed by atoms with Gasteiger partial charge in [0.05, 0.1) is 0 Å². The molecule has 3 amide bonds. The second kappa shape index (κ2) is 12.1. The molecular formula is C21H36N2O3. The van der Waals surface area contributed by atoms with Gasteiger partial charge in [0, 0.05) is 31.8 Å². The number of rotatable bonds is 12. The van der Waals surface area contributed by atoms with E-state index in [4.69, 9.17) is 0 Å². The molecule has 1 aliphatic heterocycles. The van der Waals surface area contributed by atoms with Gasteiger partial charge in [-0.2, -0.15) is 0 Å². The number of hydrogen-bond donors (Lipinski definition) is 1. The first-order chi connectivity index (χ1) is 12.7. The highest BCUT2D eigenvalue weighted by atomic mass is 16.2. The summed E-state index contributed by atoms with van der Waals surface area (Å²) in [4.78, 5) is 36.3. The Labute approximate surface area is 158 Å². The summed E-state index contributed by atoms with van der Waals surface area (Å²) in [5, 5.41) is 3.18. The summed E-state index contributed by atoms with van der Waals surface area (Å²) in [7, 11) is 0. The van der Waals surface area contributed by atoms with Crippen molar-refractivity contribution < 1.29 is 14.4 Å². The zero-order valence-electron chi connectivity index (χ0n) is 16.3. The molecule has 1 heterocycles. The third-order valence-electron chi connectivity index (χ3n) is 5.66. The van der Waals surface area contributed by atoms with Crippen molar-refractivity contribution in [3.05, 3.63) is 0 Å². The molecule has 0 aromatic carbocycles. The van der Waals surface area contributed by atoms with Crippen LogP contribution < -0.4 is 5.32 Å². The van der Waals surface area contributed by atoms with Gasteiger partial charge in [0.1, 0.15) is 0 Å². The number of likely N-dealkylation sites (tertiary alicyclic amines) is 1. The third-order valence-corrected chi connectivity index (χ3v) is 5.66. The van der Waals surface area contributed by atoms with Crippen LogP contribution in [0, 0.1) is 0 Å².